The van der Waals surface area contributed by atoms with Gasteiger partial charge in [-0.25, -0.2) is 9.50 Å². The first-order valence-corrected chi connectivity index (χ1v) is 13.2. The van der Waals surface area contributed by atoms with Crippen LogP contribution in [0.3, 0.4) is 0 Å². The molecule has 2 bridgehead atoms. The van der Waals surface area contributed by atoms with Gasteiger partial charge in [-0.3, -0.25) is 9.59 Å². The zero-order chi connectivity index (χ0) is 24.8. The van der Waals surface area contributed by atoms with Crippen LogP contribution in [-0.2, 0) is 4.79 Å². The molecule has 2 aliphatic heterocycles. The van der Waals surface area contributed by atoms with Crippen molar-refractivity contribution in [3.8, 4) is 5.75 Å². The van der Waals surface area contributed by atoms with Crippen molar-refractivity contribution in [3.63, 3.8) is 0 Å². The van der Waals surface area contributed by atoms with Gasteiger partial charge >= 0.3 is 0 Å². The summed E-state index contributed by atoms with van der Waals surface area (Å²) in [5, 5.41) is 8.01. The number of aromatic nitrogens is 3. The molecule has 36 heavy (non-hydrogen) atoms. The molecule has 2 atom stereocenters. The molecule has 188 valence electrons. The Kier molecular flexibility index (Phi) is 5.90. The molecule has 4 heterocycles. The molecule has 0 radical (unpaired) electrons. The van der Waals surface area contributed by atoms with Crippen LogP contribution in [0.5, 0.6) is 5.75 Å². The lowest BCUT2D eigenvalue weighted by Gasteiger charge is -2.35. The van der Waals surface area contributed by atoms with Gasteiger partial charge < -0.3 is 15.0 Å². The molecule has 2 aromatic heterocycles. The summed E-state index contributed by atoms with van der Waals surface area (Å²) in [6, 6.07) is 9.71. The standard InChI is InChI=1S/C28H33N5O3/c1-17-6-9-25-20(13-17)28(35)32-12-4-3-5-23(32)22-15-26-30-21(19-7-8-19)14-24(33(26)31-22)18(2)10-11-29-27(34)16-36-25/h6,9,13-15,18-19,23H,3-5,7-8,10-12,16H2,1-2H3,(H,29,34). The summed E-state index contributed by atoms with van der Waals surface area (Å²) in [6.45, 7) is 5.22. The number of carbonyl (C=O) groups is 2. The van der Waals surface area contributed by atoms with Crippen LogP contribution in [-0.4, -0.2) is 51.0 Å². The minimum atomic E-state index is -0.191. The molecule has 1 saturated carbocycles. The highest BCUT2D eigenvalue weighted by molar-refractivity contribution is 5.97. The Hall–Kier alpha value is -3.42. The Morgan fingerprint density at radius 1 is 1.03 bits per heavy atom. The summed E-state index contributed by atoms with van der Waals surface area (Å²) in [7, 11) is 0. The van der Waals surface area contributed by atoms with Crippen molar-refractivity contribution in [1.82, 2.24) is 24.8 Å². The third-order valence-electron chi connectivity index (χ3n) is 7.72. The highest BCUT2D eigenvalue weighted by Gasteiger charge is 2.33. The molecule has 1 aliphatic carbocycles. The Morgan fingerprint density at radius 2 is 1.89 bits per heavy atom. The Labute approximate surface area is 211 Å². The number of amides is 2. The third kappa shape index (κ3) is 4.33. The van der Waals surface area contributed by atoms with Crippen molar-refractivity contribution in [2.75, 3.05) is 19.7 Å². The second-order valence-corrected chi connectivity index (χ2v) is 10.6. The largest absolute Gasteiger partial charge is 0.483 e. The van der Waals surface area contributed by atoms with Crippen molar-refractivity contribution in [1.29, 1.82) is 0 Å². The van der Waals surface area contributed by atoms with Crippen LogP contribution in [0.1, 0.15) is 96.3 Å². The Morgan fingerprint density at radius 3 is 2.72 bits per heavy atom. The summed E-state index contributed by atoms with van der Waals surface area (Å²) in [5.74, 6) is 0.881. The lowest BCUT2D eigenvalue weighted by atomic mass is 9.97. The van der Waals surface area contributed by atoms with Crippen molar-refractivity contribution >= 4 is 17.5 Å². The Balaban J connectivity index is 1.47. The number of fused-ring (bicyclic) bond motifs is 4. The van der Waals surface area contributed by atoms with E-state index in [9.17, 15) is 9.59 Å². The van der Waals surface area contributed by atoms with Gasteiger partial charge in [-0.2, -0.15) is 5.10 Å². The molecule has 1 saturated heterocycles. The number of hydrogen-bond acceptors (Lipinski definition) is 5. The van der Waals surface area contributed by atoms with Gasteiger partial charge in [-0.15, -0.1) is 0 Å². The quantitative estimate of drug-likeness (QED) is 0.553. The molecule has 8 nitrogen and oxygen atoms in total. The van der Waals surface area contributed by atoms with E-state index in [2.05, 4.69) is 24.4 Å². The molecule has 2 amide bonds. The lowest BCUT2D eigenvalue weighted by Crippen LogP contribution is -2.39. The number of rotatable bonds is 1. The van der Waals surface area contributed by atoms with E-state index in [-0.39, 0.29) is 30.4 Å². The fourth-order valence-electron chi connectivity index (χ4n) is 5.48. The van der Waals surface area contributed by atoms with Crippen LogP contribution < -0.4 is 10.1 Å². The van der Waals surface area contributed by atoms with Crippen LogP contribution in [0.25, 0.3) is 5.65 Å². The van der Waals surface area contributed by atoms with Gasteiger partial charge in [0.15, 0.2) is 12.3 Å². The molecule has 2 unspecified atom stereocenters. The van der Waals surface area contributed by atoms with Crippen LogP contribution in [0, 0.1) is 6.92 Å². The van der Waals surface area contributed by atoms with Gasteiger partial charge in [0, 0.05) is 42.4 Å². The summed E-state index contributed by atoms with van der Waals surface area (Å²) in [5.41, 5.74) is 5.46. The molecule has 8 heteroatoms. The van der Waals surface area contributed by atoms with Crippen LogP contribution in [0.15, 0.2) is 30.3 Å². The molecule has 0 spiro atoms. The van der Waals surface area contributed by atoms with E-state index < -0.39 is 0 Å². The fraction of sp³-hybridized carbons (Fsp3) is 0.500. The number of carbonyl (C=O) groups excluding carboxylic acids is 2. The van der Waals surface area contributed by atoms with E-state index in [0.717, 1.165) is 54.0 Å². The Bertz CT molecular complexity index is 1330. The molecule has 6 rings (SSSR count). The van der Waals surface area contributed by atoms with Crippen molar-refractivity contribution < 1.29 is 14.3 Å². The van der Waals surface area contributed by atoms with E-state index in [1.54, 1.807) is 6.07 Å². The molecule has 3 aliphatic rings. The van der Waals surface area contributed by atoms with Crippen LogP contribution >= 0.6 is 0 Å². The molecule has 1 aromatic carbocycles. The van der Waals surface area contributed by atoms with Gasteiger partial charge in [-0.05, 0) is 63.6 Å². The summed E-state index contributed by atoms with van der Waals surface area (Å²) in [6.07, 6.45) is 6.00. The first-order valence-electron chi connectivity index (χ1n) is 13.2. The average molecular weight is 488 g/mol. The van der Waals surface area contributed by atoms with E-state index in [4.69, 9.17) is 14.8 Å². The van der Waals surface area contributed by atoms with Crippen molar-refractivity contribution in [2.45, 2.75) is 70.3 Å². The third-order valence-corrected chi connectivity index (χ3v) is 7.72. The second kappa shape index (κ2) is 9.22. The van der Waals surface area contributed by atoms with Crippen molar-refractivity contribution in [2.24, 2.45) is 0 Å². The van der Waals surface area contributed by atoms with Gasteiger partial charge in [0.1, 0.15) is 5.75 Å². The second-order valence-electron chi connectivity index (χ2n) is 10.6. The van der Waals surface area contributed by atoms with Gasteiger partial charge in [-0.1, -0.05) is 18.6 Å². The number of piperidine rings is 1. The predicted octanol–water partition coefficient (Wildman–Crippen LogP) is 4.28. The van der Waals surface area contributed by atoms with Gasteiger partial charge in [0.2, 0.25) is 0 Å². The fourth-order valence-corrected chi connectivity index (χ4v) is 5.48. The van der Waals surface area contributed by atoms with Gasteiger partial charge in [0.25, 0.3) is 11.8 Å². The number of nitrogens with zero attached hydrogens (tertiary/aromatic N) is 4. The minimum absolute atomic E-state index is 0.0804. The smallest absolute Gasteiger partial charge is 0.258 e. The average Bonchev–Trinajstić information content (AvgIpc) is 3.65. The SMILES string of the molecule is Cc1ccc2c(c1)C(=O)N1CCCCC1c1cc3nc(C4CC4)cc(n3n1)C(C)CCNC(=O)CO2. The zero-order valence-corrected chi connectivity index (χ0v) is 21.0. The first kappa shape index (κ1) is 23.0. The highest BCUT2D eigenvalue weighted by Crippen LogP contribution is 2.41. The number of nitrogens with one attached hydrogen (secondary N) is 1. The summed E-state index contributed by atoms with van der Waals surface area (Å²) >= 11 is 0. The van der Waals surface area contributed by atoms with E-state index in [1.165, 1.54) is 12.8 Å². The normalized spacial score (nSPS) is 23.2. The summed E-state index contributed by atoms with van der Waals surface area (Å²) < 4.78 is 7.84. The predicted molar refractivity (Wildman–Crippen MR) is 135 cm³/mol. The number of ether oxygens (including phenoxy) is 1. The highest BCUT2D eigenvalue weighted by atomic mass is 16.5. The van der Waals surface area contributed by atoms with Gasteiger partial charge in [0.05, 0.1) is 17.3 Å². The maximum atomic E-state index is 13.9. The van der Waals surface area contributed by atoms with E-state index in [1.807, 2.05) is 28.5 Å². The lowest BCUT2D eigenvalue weighted by molar-refractivity contribution is -0.123. The first-order chi connectivity index (χ1) is 17.5. The summed E-state index contributed by atoms with van der Waals surface area (Å²) in [4.78, 5) is 33.4. The molecule has 1 N–H and O–H groups in total. The van der Waals surface area contributed by atoms with Crippen LogP contribution in [0.4, 0.5) is 0 Å². The molecular formula is C28H33N5O3. The molecular weight excluding hydrogens is 454 g/mol. The monoisotopic (exact) mass is 487 g/mol. The van der Waals surface area contributed by atoms with Crippen molar-refractivity contribution in [3.05, 3.63) is 58.5 Å². The number of benzene rings is 1. The van der Waals surface area contributed by atoms with E-state index in [0.29, 0.717) is 30.3 Å². The maximum absolute atomic E-state index is 13.9. The maximum Gasteiger partial charge on any atom is 0.258 e. The number of aryl methyl sites for hydroxylation is 1. The van der Waals surface area contributed by atoms with E-state index >= 15 is 0 Å². The minimum Gasteiger partial charge on any atom is -0.483 e. The number of hydrogen-bond donors (Lipinski definition) is 1. The topological polar surface area (TPSA) is 88.8 Å². The zero-order valence-electron chi connectivity index (χ0n) is 21.0. The van der Waals surface area contributed by atoms with Crippen LogP contribution in [0.2, 0.25) is 0 Å². The molecule has 3 aromatic rings. The molecule has 2 fully saturated rings.